The van der Waals surface area contributed by atoms with Gasteiger partial charge in [0.2, 0.25) is 0 Å². The van der Waals surface area contributed by atoms with Gasteiger partial charge in [0.05, 0.1) is 0 Å². The fourth-order valence-electron chi connectivity index (χ4n) is 4.64. The van der Waals surface area contributed by atoms with E-state index in [-0.39, 0.29) is 0 Å². The van der Waals surface area contributed by atoms with Gasteiger partial charge >= 0.3 is 0 Å². The van der Waals surface area contributed by atoms with Gasteiger partial charge in [0.25, 0.3) is 0 Å². The smallest absolute Gasteiger partial charge is 0.0236 e. The molecule has 3 rings (SSSR count). The van der Waals surface area contributed by atoms with Crippen LogP contribution in [0.5, 0.6) is 0 Å². The lowest BCUT2D eigenvalue weighted by Gasteiger charge is -2.35. The normalized spacial score (nSPS) is 23.4. The zero-order chi connectivity index (χ0) is 17.7. The van der Waals surface area contributed by atoms with Crippen LogP contribution >= 0.6 is 0 Å². The first-order valence-corrected chi connectivity index (χ1v) is 9.91. The molecule has 140 valence electrons. The Bertz CT molecular complexity index is 510. The van der Waals surface area contributed by atoms with E-state index in [9.17, 15) is 0 Å². The Balaban J connectivity index is 1.44. The van der Waals surface area contributed by atoms with Crippen molar-refractivity contribution in [3.63, 3.8) is 0 Å². The average molecular weight is 345 g/mol. The van der Waals surface area contributed by atoms with Crippen LogP contribution in [0.1, 0.15) is 25.8 Å². The Morgan fingerprint density at radius 2 is 1.84 bits per heavy atom. The lowest BCUT2D eigenvalue weighted by Crippen LogP contribution is -2.49. The van der Waals surface area contributed by atoms with Crippen LogP contribution in [0.3, 0.4) is 0 Å². The monoisotopic (exact) mass is 344 g/mol. The van der Waals surface area contributed by atoms with Gasteiger partial charge in [-0.05, 0) is 31.0 Å². The zero-order valence-electron chi connectivity index (χ0n) is 16.4. The molecular weight excluding hydrogens is 308 g/mol. The third-order valence-corrected chi connectivity index (χ3v) is 5.56. The van der Waals surface area contributed by atoms with E-state index < -0.39 is 0 Å². The number of rotatable bonds is 7. The second-order valence-electron chi connectivity index (χ2n) is 8.79. The lowest BCUT2D eigenvalue weighted by molar-refractivity contribution is 0.130. The molecule has 1 unspecified atom stereocenters. The quantitative estimate of drug-likeness (QED) is 0.818. The van der Waals surface area contributed by atoms with Crippen LogP contribution < -0.4 is 5.32 Å². The number of hydrogen-bond donors (Lipinski definition) is 1. The third kappa shape index (κ3) is 5.78. The maximum atomic E-state index is 3.47. The largest absolute Gasteiger partial charge is 0.314 e. The van der Waals surface area contributed by atoms with Gasteiger partial charge in [0.15, 0.2) is 0 Å². The van der Waals surface area contributed by atoms with Crippen molar-refractivity contribution in [3.05, 3.63) is 35.9 Å². The Kier molecular flexibility index (Phi) is 6.50. The molecular formula is C21H36N4. The molecule has 2 aliphatic rings. The van der Waals surface area contributed by atoms with Crippen molar-refractivity contribution in [2.24, 2.45) is 5.41 Å². The van der Waals surface area contributed by atoms with Crippen LogP contribution in [-0.4, -0.2) is 80.1 Å². The molecule has 0 aliphatic carbocycles. The molecule has 0 saturated carbocycles. The third-order valence-electron chi connectivity index (χ3n) is 5.56. The maximum absolute atomic E-state index is 3.47. The molecule has 1 aromatic rings. The molecule has 2 saturated heterocycles. The molecule has 0 bridgehead atoms. The van der Waals surface area contributed by atoms with Crippen molar-refractivity contribution in [2.45, 2.75) is 32.9 Å². The molecule has 4 heteroatoms. The summed E-state index contributed by atoms with van der Waals surface area (Å²) in [4.78, 5) is 7.87. The van der Waals surface area contributed by atoms with E-state index in [2.05, 4.69) is 71.2 Å². The summed E-state index contributed by atoms with van der Waals surface area (Å²) in [6, 6.07) is 11.6. The van der Waals surface area contributed by atoms with Gasteiger partial charge in [0.1, 0.15) is 0 Å². The average Bonchev–Trinajstić information content (AvgIpc) is 3.03. The highest BCUT2D eigenvalue weighted by molar-refractivity contribution is 5.14. The summed E-state index contributed by atoms with van der Waals surface area (Å²) in [5, 5.41) is 3.47. The van der Waals surface area contributed by atoms with Crippen molar-refractivity contribution in [1.29, 1.82) is 0 Å². The minimum Gasteiger partial charge on any atom is -0.314 e. The van der Waals surface area contributed by atoms with Crippen LogP contribution in [0, 0.1) is 5.41 Å². The van der Waals surface area contributed by atoms with E-state index in [4.69, 9.17) is 0 Å². The van der Waals surface area contributed by atoms with E-state index >= 15 is 0 Å². The molecule has 2 aliphatic heterocycles. The molecule has 0 spiro atoms. The fraction of sp³-hybridized carbons (Fsp3) is 0.714. The first-order valence-electron chi connectivity index (χ1n) is 9.91. The van der Waals surface area contributed by atoms with E-state index in [1.54, 1.807) is 0 Å². The molecule has 2 heterocycles. The van der Waals surface area contributed by atoms with Gasteiger partial charge in [-0.2, -0.15) is 0 Å². The van der Waals surface area contributed by atoms with Gasteiger partial charge in [0, 0.05) is 58.4 Å². The number of nitrogens with zero attached hydrogens (tertiary/aromatic N) is 3. The van der Waals surface area contributed by atoms with Crippen LogP contribution in [-0.2, 0) is 6.54 Å². The highest BCUT2D eigenvalue weighted by Crippen LogP contribution is 2.24. The van der Waals surface area contributed by atoms with Gasteiger partial charge < -0.3 is 15.1 Å². The van der Waals surface area contributed by atoms with Crippen molar-refractivity contribution >= 4 is 0 Å². The molecule has 2 fully saturated rings. The van der Waals surface area contributed by atoms with E-state index in [0.29, 0.717) is 5.41 Å². The topological polar surface area (TPSA) is 21.8 Å². The van der Waals surface area contributed by atoms with Gasteiger partial charge in [-0.15, -0.1) is 0 Å². The molecule has 1 N–H and O–H groups in total. The molecule has 25 heavy (non-hydrogen) atoms. The van der Waals surface area contributed by atoms with E-state index in [1.807, 2.05) is 0 Å². The predicted octanol–water partition coefficient (Wildman–Crippen LogP) is 2.12. The SMILES string of the molecule is CN(Cc1ccccc1)CC(C)(C)CN1CCC(N2CCNCC2)C1. The molecule has 0 amide bonds. The number of benzene rings is 1. The van der Waals surface area contributed by atoms with Crippen molar-refractivity contribution < 1.29 is 0 Å². The van der Waals surface area contributed by atoms with E-state index in [1.165, 1.54) is 44.7 Å². The highest BCUT2D eigenvalue weighted by Gasteiger charge is 2.32. The number of piperazine rings is 1. The summed E-state index contributed by atoms with van der Waals surface area (Å²) < 4.78 is 0. The summed E-state index contributed by atoms with van der Waals surface area (Å²) in [6.45, 7) is 15.5. The van der Waals surface area contributed by atoms with Crippen LogP contribution in [0.15, 0.2) is 30.3 Å². The van der Waals surface area contributed by atoms with Gasteiger partial charge in [-0.1, -0.05) is 44.2 Å². The summed E-state index contributed by atoms with van der Waals surface area (Å²) in [5.41, 5.74) is 1.72. The minimum atomic E-state index is 0.321. The van der Waals surface area contributed by atoms with Crippen molar-refractivity contribution in [1.82, 2.24) is 20.0 Å². The first kappa shape index (κ1) is 18.8. The second-order valence-corrected chi connectivity index (χ2v) is 8.79. The highest BCUT2D eigenvalue weighted by atomic mass is 15.3. The fourth-order valence-corrected chi connectivity index (χ4v) is 4.64. The molecule has 0 aromatic heterocycles. The maximum Gasteiger partial charge on any atom is 0.0236 e. The Hall–Kier alpha value is -0.940. The Labute approximate surface area is 154 Å². The summed E-state index contributed by atoms with van der Waals surface area (Å²) in [5.74, 6) is 0. The summed E-state index contributed by atoms with van der Waals surface area (Å²) in [6.07, 6.45) is 1.34. The van der Waals surface area contributed by atoms with Gasteiger partial charge in [-0.3, -0.25) is 4.90 Å². The Morgan fingerprint density at radius 3 is 2.56 bits per heavy atom. The van der Waals surface area contributed by atoms with Crippen LogP contribution in [0.2, 0.25) is 0 Å². The summed E-state index contributed by atoms with van der Waals surface area (Å²) in [7, 11) is 2.25. The second kappa shape index (κ2) is 8.63. The van der Waals surface area contributed by atoms with Crippen LogP contribution in [0.25, 0.3) is 0 Å². The minimum absolute atomic E-state index is 0.321. The van der Waals surface area contributed by atoms with E-state index in [0.717, 1.165) is 32.2 Å². The van der Waals surface area contributed by atoms with Crippen LogP contribution in [0.4, 0.5) is 0 Å². The standard InChI is InChI=1S/C21H36N4/c1-21(2,17-23(3)15-19-7-5-4-6-8-19)18-24-12-9-20(16-24)25-13-10-22-11-14-25/h4-8,20,22H,9-18H2,1-3H3. The Morgan fingerprint density at radius 1 is 1.12 bits per heavy atom. The molecule has 4 nitrogen and oxygen atoms in total. The van der Waals surface area contributed by atoms with Gasteiger partial charge in [-0.25, -0.2) is 0 Å². The summed E-state index contributed by atoms with van der Waals surface area (Å²) >= 11 is 0. The van der Waals surface area contributed by atoms with Crippen molar-refractivity contribution in [3.8, 4) is 0 Å². The first-order chi connectivity index (χ1) is 12.0. The zero-order valence-corrected chi connectivity index (χ0v) is 16.4. The molecule has 1 aromatic carbocycles. The lowest BCUT2D eigenvalue weighted by atomic mass is 9.92. The number of nitrogens with one attached hydrogen (secondary N) is 1. The number of hydrogen-bond acceptors (Lipinski definition) is 4. The van der Waals surface area contributed by atoms with Crippen molar-refractivity contribution in [2.75, 3.05) is 59.4 Å². The molecule has 1 atom stereocenters. The number of likely N-dealkylation sites (tertiary alicyclic amines) is 1. The molecule has 0 radical (unpaired) electrons. The predicted molar refractivity (Wildman–Crippen MR) is 106 cm³/mol.